The molecule has 0 radical (unpaired) electrons. The fourth-order valence-corrected chi connectivity index (χ4v) is 2.07. The highest BCUT2D eigenvalue weighted by Gasteiger charge is 2.17. The van der Waals surface area contributed by atoms with Crippen LogP contribution in [0, 0.1) is 0 Å². The fraction of sp³-hybridized carbons (Fsp3) is 0.400. The molecule has 0 aliphatic carbocycles. The lowest BCUT2D eigenvalue weighted by Gasteiger charge is -2.27. The summed E-state index contributed by atoms with van der Waals surface area (Å²) in [6.07, 6.45) is 0. The minimum atomic E-state index is 0.211. The molecule has 21 heavy (non-hydrogen) atoms. The molecule has 0 N–H and O–H groups in total. The van der Waals surface area contributed by atoms with E-state index in [4.69, 9.17) is 11.6 Å². The van der Waals surface area contributed by atoms with Crippen LogP contribution >= 0.6 is 11.6 Å². The van der Waals surface area contributed by atoms with Gasteiger partial charge in [0.05, 0.1) is 0 Å². The second-order valence-corrected chi connectivity index (χ2v) is 5.64. The van der Waals surface area contributed by atoms with E-state index in [-0.39, 0.29) is 11.3 Å². The van der Waals surface area contributed by atoms with Crippen LogP contribution in [0.2, 0.25) is 5.28 Å². The molecule has 0 amide bonds. The van der Waals surface area contributed by atoms with Gasteiger partial charge >= 0.3 is 0 Å². The van der Waals surface area contributed by atoms with Gasteiger partial charge in [0.2, 0.25) is 17.2 Å². The third kappa shape index (κ3) is 4.04. The minimum absolute atomic E-state index is 0.211. The molecule has 1 heterocycles. The average Bonchev–Trinajstić information content (AvgIpc) is 2.44. The van der Waals surface area contributed by atoms with Crippen LogP contribution in [0.25, 0.3) is 0 Å². The van der Waals surface area contributed by atoms with E-state index in [9.17, 15) is 0 Å². The minimum Gasteiger partial charge on any atom is -0.347 e. The monoisotopic (exact) mass is 305 g/mol. The molecule has 0 aliphatic rings. The molecule has 2 aromatic rings. The summed E-state index contributed by atoms with van der Waals surface area (Å²) in [5.74, 6) is 1.15. The van der Waals surface area contributed by atoms with Crippen LogP contribution in [-0.2, 0) is 6.54 Å². The Labute approximate surface area is 130 Å². The zero-order valence-corrected chi connectivity index (χ0v) is 13.5. The molecule has 0 spiro atoms. The molecule has 1 aromatic carbocycles. The largest absolute Gasteiger partial charge is 0.347 e. The van der Waals surface area contributed by atoms with Crippen molar-refractivity contribution >= 4 is 23.5 Å². The maximum Gasteiger partial charge on any atom is 0.232 e. The number of anilines is 2. The van der Waals surface area contributed by atoms with Crippen molar-refractivity contribution < 1.29 is 0 Å². The Morgan fingerprint density at radius 2 is 1.62 bits per heavy atom. The summed E-state index contributed by atoms with van der Waals surface area (Å²) in [5, 5.41) is 0.211. The van der Waals surface area contributed by atoms with Crippen LogP contribution in [0.1, 0.15) is 19.4 Å². The number of hydrogen-bond donors (Lipinski definition) is 0. The smallest absolute Gasteiger partial charge is 0.232 e. The van der Waals surface area contributed by atoms with E-state index in [0.717, 1.165) is 6.54 Å². The summed E-state index contributed by atoms with van der Waals surface area (Å²) in [7, 11) is 3.76. The number of hydrogen-bond acceptors (Lipinski definition) is 5. The molecule has 2 rings (SSSR count). The van der Waals surface area contributed by atoms with E-state index in [1.165, 1.54) is 5.56 Å². The van der Waals surface area contributed by atoms with E-state index >= 15 is 0 Å². The molecule has 112 valence electrons. The number of halogens is 1. The lowest BCUT2D eigenvalue weighted by molar-refractivity contribution is 0.657. The van der Waals surface area contributed by atoms with Gasteiger partial charge in [-0.15, -0.1) is 0 Å². The van der Waals surface area contributed by atoms with E-state index in [2.05, 4.69) is 45.8 Å². The quantitative estimate of drug-likeness (QED) is 0.849. The van der Waals surface area contributed by atoms with Crippen molar-refractivity contribution in [3.8, 4) is 0 Å². The Morgan fingerprint density at radius 3 is 2.19 bits per heavy atom. The van der Waals surface area contributed by atoms with E-state index in [0.29, 0.717) is 11.9 Å². The van der Waals surface area contributed by atoms with Crippen LogP contribution < -0.4 is 9.80 Å². The highest BCUT2D eigenvalue weighted by molar-refractivity contribution is 6.28. The number of rotatable bonds is 5. The predicted octanol–water partition coefficient (Wildman–Crippen LogP) is 3.01. The Kier molecular flexibility index (Phi) is 4.96. The molecule has 1 aromatic heterocycles. The first-order valence-corrected chi connectivity index (χ1v) is 7.24. The van der Waals surface area contributed by atoms with Crippen LogP contribution in [-0.4, -0.2) is 35.1 Å². The Morgan fingerprint density at radius 1 is 1.00 bits per heavy atom. The maximum absolute atomic E-state index is 6.03. The summed E-state index contributed by atoms with van der Waals surface area (Å²) < 4.78 is 0. The van der Waals surface area contributed by atoms with Crippen molar-refractivity contribution in [2.24, 2.45) is 0 Å². The topological polar surface area (TPSA) is 45.2 Å². The Balaban J connectivity index is 2.34. The second-order valence-electron chi connectivity index (χ2n) is 5.31. The number of nitrogens with zero attached hydrogens (tertiary/aromatic N) is 5. The molecule has 0 atom stereocenters. The molecule has 6 heteroatoms. The summed E-state index contributed by atoms with van der Waals surface area (Å²) in [4.78, 5) is 16.8. The molecule has 0 saturated heterocycles. The fourth-order valence-electron chi connectivity index (χ4n) is 1.92. The van der Waals surface area contributed by atoms with Crippen LogP contribution in [0.4, 0.5) is 11.9 Å². The summed E-state index contributed by atoms with van der Waals surface area (Å²) in [5.41, 5.74) is 1.20. The SMILES string of the molecule is CC(C)N(Cc1ccccc1)c1nc(Cl)nc(N(C)C)n1. The zero-order chi connectivity index (χ0) is 15.4. The normalized spacial score (nSPS) is 10.8. The van der Waals surface area contributed by atoms with Crippen molar-refractivity contribution in [3.63, 3.8) is 0 Å². The van der Waals surface area contributed by atoms with Gasteiger partial charge in [0, 0.05) is 26.7 Å². The number of aromatic nitrogens is 3. The first kappa shape index (κ1) is 15.5. The van der Waals surface area contributed by atoms with Crippen molar-refractivity contribution in [3.05, 3.63) is 41.2 Å². The average molecular weight is 306 g/mol. The summed E-state index contributed by atoms with van der Waals surface area (Å²) in [6, 6.07) is 10.5. The highest BCUT2D eigenvalue weighted by atomic mass is 35.5. The molecule has 0 fully saturated rings. The van der Waals surface area contributed by atoms with Gasteiger partial charge in [0.15, 0.2) is 0 Å². The third-order valence-electron chi connectivity index (χ3n) is 3.06. The van der Waals surface area contributed by atoms with Gasteiger partial charge in [0.1, 0.15) is 0 Å². The highest BCUT2D eigenvalue weighted by Crippen LogP contribution is 2.19. The Bertz CT molecular complexity index is 586. The molecule has 0 saturated carbocycles. The third-order valence-corrected chi connectivity index (χ3v) is 3.23. The van der Waals surface area contributed by atoms with Gasteiger partial charge in [-0.3, -0.25) is 0 Å². The molecule has 0 bridgehead atoms. The van der Waals surface area contributed by atoms with Crippen LogP contribution in [0.3, 0.4) is 0 Å². The van der Waals surface area contributed by atoms with Gasteiger partial charge in [-0.1, -0.05) is 30.3 Å². The molecule has 0 aliphatic heterocycles. The molecule has 5 nitrogen and oxygen atoms in total. The van der Waals surface area contributed by atoms with E-state index in [1.54, 1.807) is 0 Å². The summed E-state index contributed by atoms with van der Waals surface area (Å²) >= 11 is 6.03. The predicted molar refractivity (Wildman–Crippen MR) is 86.9 cm³/mol. The van der Waals surface area contributed by atoms with E-state index < -0.39 is 0 Å². The second kappa shape index (κ2) is 6.72. The van der Waals surface area contributed by atoms with Crippen molar-refractivity contribution in [1.82, 2.24) is 15.0 Å². The number of benzene rings is 1. The Hall–Kier alpha value is -1.88. The van der Waals surface area contributed by atoms with Crippen molar-refractivity contribution in [2.45, 2.75) is 26.4 Å². The maximum atomic E-state index is 6.03. The molecule has 0 unspecified atom stereocenters. The summed E-state index contributed by atoms with van der Waals surface area (Å²) in [6.45, 7) is 4.94. The van der Waals surface area contributed by atoms with Gasteiger partial charge in [-0.2, -0.15) is 15.0 Å². The first-order chi connectivity index (χ1) is 9.97. The van der Waals surface area contributed by atoms with Gasteiger partial charge < -0.3 is 9.80 Å². The van der Waals surface area contributed by atoms with Gasteiger partial charge in [-0.25, -0.2) is 0 Å². The lowest BCUT2D eigenvalue weighted by atomic mass is 10.2. The molecular weight excluding hydrogens is 286 g/mol. The van der Waals surface area contributed by atoms with E-state index in [1.807, 2.05) is 37.2 Å². The van der Waals surface area contributed by atoms with Crippen LogP contribution in [0.5, 0.6) is 0 Å². The van der Waals surface area contributed by atoms with Gasteiger partial charge in [-0.05, 0) is 31.0 Å². The first-order valence-electron chi connectivity index (χ1n) is 6.87. The lowest BCUT2D eigenvalue weighted by Crippen LogP contribution is -2.32. The van der Waals surface area contributed by atoms with Gasteiger partial charge in [0.25, 0.3) is 0 Å². The standard InChI is InChI=1S/C15H20ClN5/c1-11(2)21(10-12-8-6-5-7-9-12)15-18-13(16)17-14(19-15)20(3)4/h5-9,11H,10H2,1-4H3. The van der Waals surface area contributed by atoms with Crippen molar-refractivity contribution in [1.29, 1.82) is 0 Å². The van der Waals surface area contributed by atoms with Crippen LogP contribution in [0.15, 0.2) is 30.3 Å². The zero-order valence-electron chi connectivity index (χ0n) is 12.8. The molecular formula is C15H20ClN5. The van der Waals surface area contributed by atoms with Crippen molar-refractivity contribution in [2.75, 3.05) is 23.9 Å².